The van der Waals surface area contributed by atoms with Crippen LogP contribution in [0.2, 0.25) is 0 Å². The molecule has 24 heavy (non-hydrogen) atoms. The van der Waals surface area contributed by atoms with E-state index in [0.717, 1.165) is 49.8 Å². The first kappa shape index (κ1) is 14.8. The molecule has 1 saturated heterocycles. The molecule has 0 radical (unpaired) electrons. The lowest BCUT2D eigenvalue weighted by atomic mass is 10.3. The number of azo groups is 1. The summed E-state index contributed by atoms with van der Waals surface area (Å²) in [5, 5.41) is 7.80. The van der Waals surface area contributed by atoms with Gasteiger partial charge in [0.05, 0.1) is 18.0 Å². The Morgan fingerprint density at radius 2 is 2.04 bits per heavy atom. The molecule has 0 unspecified atom stereocenters. The fourth-order valence-corrected chi connectivity index (χ4v) is 3.40. The van der Waals surface area contributed by atoms with E-state index >= 15 is 0 Å². The van der Waals surface area contributed by atoms with Crippen LogP contribution in [0.5, 0.6) is 0 Å². The van der Waals surface area contributed by atoms with Gasteiger partial charge in [-0.05, 0) is 18.9 Å². The van der Waals surface area contributed by atoms with Crippen LogP contribution >= 0.6 is 0 Å². The number of nitrogens with one attached hydrogen (secondary N) is 2. The number of carbonyl (C=O) groups excluding carboxylic acids is 1. The van der Waals surface area contributed by atoms with Crippen LogP contribution in [-0.4, -0.2) is 54.6 Å². The summed E-state index contributed by atoms with van der Waals surface area (Å²) in [6.07, 6.45) is 4.09. The number of carbonyl (C=O) groups is 1. The molecule has 4 heterocycles. The first-order valence-electron chi connectivity index (χ1n) is 8.16. The normalized spacial score (nSPS) is 17.3. The molecule has 2 aliphatic heterocycles. The zero-order chi connectivity index (χ0) is 16.7. The minimum Gasteiger partial charge on any atom is -0.354 e. The lowest BCUT2D eigenvalue weighted by Crippen LogP contribution is -2.29. The monoisotopic (exact) mass is 327 g/mol. The first-order valence-corrected chi connectivity index (χ1v) is 8.16. The minimum absolute atomic E-state index is 0.0878. The lowest BCUT2D eigenvalue weighted by Gasteiger charge is -2.19. The van der Waals surface area contributed by atoms with Crippen LogP contribution < -0.4 is 9.80 Å². The smallest absolute Gasteiger partial charge is 0.270 e. The zero-order valence-corrected chi connectivity index (χ0v) is 13.9. The van der Waals surface area contributed by atoms with Crippen LogP contribution in [-0.2, 0) is 0 Å². The van der Waals surface area contributed by atoms with Crippen molar-refractivity contribution in [3.63, 3.8) is 0 Å². The largest absolute Gasteiger partial charge is 0.354 e. The van der Waals surface area contributed by atoms with E-state index in [1.54, 1.807) is 7.05 Å². The highest BCUT2D eigenvalue weighted by Gasteiger charge is 2.30. The molecule has 126 valence electrons. The number of aromatic amines is 2. The van der Waals surface area contributed by atoms with Crippen LogP contribution in [0, 0.1) is 0 Å². The molecule has 0 aromatic carbocycles. The number of aromatic nitrogens is 2. The molecule has 0 saturated carbocycles. The molecular weight excluding hydrogens is 306 g/mol. The Morgan fingerprint density at radius 3 is 2.79 bits per heavy atom. The van der Waals surface area contributed by atoms with E-state index in [1.807, 2.05) is 30.3 Å². The van der Waals surface area contributed by atoms with Gasteiger partial charge in [-0.2, -0.15) is 5.11 Å². The minimum atomic E-state index is 0.0878. The van der Waals surface area contributed by atoms with E-state index in [4.69, 9.17) is 0 Å². The van der Waals surface area contributed by atoms with Gasteiger partial charge >= 0.3 is 0 Å². The summed E-state index contributed by atoms with van der Waals surface area (Å²) in [5.74, 6) is 1.74. The Balaban J connectivity index is 1.63. The average Bonchev–Trinajstić information content (AvgIpc) is 3.33. The molecular formula is C16H21N7O. The molecule has 1 fully saturated rings. The quantitative estimate of drug-likeness (QED) is 0.850. The van der Waals surface area contributed by atoms with Crippen LogP contribution in [0.1, 0.15) is 23.3 Å². The number of fused-ring (bicyclic) bond motifs is 1. The zero-order valence-electron chi connectivity index (χ0n) is 13.9. The Bertz CT molecular complexity index is 784. The molecule has 0 bridgehead atoms. The maximum absolute atomic E-state index is 12.6. The van der Waals surface area contributed by atoms with E-state index in [0.29, 0.717) is 11.5 Å². The Kier molecular flexibility index (Phi) is 3.51. The second-order valence-electron chi connectivity index (χ2n) is 6.23. The Labute approximate surface area is 140 Å². The molecule has 4 rings (SSSR count). The molecule has 2 aromatic heterocycles. The summed E-state index contributed by atoms with van der Waals surface area (Å²) in [6.45, 7) is 2.43. The van der Waals surface area contributed by atoms with Crippen molar-refractivity contribution in [3.8, 4) is 0 Å². The van der Waals surface area contributed by atoms with Gasteiger partial charge in [0.15, 0.2) is 5.82 Å². The fourth-order valence-electron chi connectivity index (χ4n) is 3.40. The van der Waals surface area contributed by atoms with Crippen molar-refractivity contribution in [3.05, 3.63) is 24.0 Å². The van der Waals surface area contributed by atoms with Gasteiger partial charge in [0.1, 0.15) is 11.5 Å². The molecule has 8 heteroatoms. The number of H-pyrrole nitrogens is 2. The van der Waals surface area contributed by atoms with Crippen molar-refractivity contribution in [2.24, 2.45) is 10.2 Å². The molecule has 2 aromatic rings. The Hall–Kier alpha value is -2.77. The fraction of sp³-hybridized carbons (Fsp3) is 0.438. The molecule has 0 spiro atoms. The van der Waals surface area contributed by atoms with Gasteiger partial charge in [0, 0.05) is 39.4 Å². The maximum Gasteiger partial charge on any atom is 0.270 e. The van der Waals surface area contributed by atoms with Crippen molar-refractivity contribution in [2.75, 3.05) is 43.7 Å². The number of nitrogens with zero attached hydrogens (tertiary/aromatic N) is 5. The van der Waals surface area contributed by atoms with Crippen molar-refractivity contribution in [1.82, 2.24) is 14.9 Å². The van der Waals surface area contributed by atoms with Gasteiger partial charge in [-0.15, -0.1) is 5.11 Å². The van der Waals surface area contributed by atoms with Crippen LogP contribution in [0.15, 0.2) is 28.6 Å². The van der Waals surface area contributed by atoms with Crippen molar-refractivity contribution in [1.29, 1.82) is 0 Å². The highest BCUT2D eigenvalue weighted by molar-refractivity contribution is 5.97. The highest BCUT2D eigenvalue weighted by Crippen LogP contribution is 2.41. The topological polar surface area (TPSA) is 83.1 Å². The second-order valence-corrected chi connectivity index (χ2v) is 6.23. The number of rotatable bonds is 3. The molecule has 0 atom stereocenters. The summed E-state index contributed by atoms with van der Waals surface area (Å²) in [5.41, 5.74) is 2.69. The summed E-state index contributed by atoms with van der Waals surface area (Å²) in [6, 6.07) is 3.90. The van der Waals surface area contributed by atoms with Crippen LogP contribution in [0.4, 0.5) is 23.0 Å². The van der Waals surface area contributed by atoms with Gasteiger partial charge < -0.3 is 24.7 Å². The number of likely N-dealkylation sites (tertiary alicyclic amines) is 1. The van der Waals surface area contributed by atoms with Gasteiger partial charge in [-0.3, -0.25) is 4.79 Å². The van der Waals surface area contributed by atoms with E-state index in [-0.39, 0.29) is 5.91 Å². The summed E-state index contributed by atoms with van der Waals surface area (Å²) in [7, 11) is 3.67. The average molecular weight is 327 g/mol. The van der Waals surface area contributed by atoms with Crippen molar-refractivity contribution >= 4 is 28.9 Å². The standard InChI is InChI=1S/C16H21N7O/c1-17-20-14-7-11(9-18-14)23-10-21(2)13-8-12(19-15(13)23)16(24)22-5-3-4-6-22/h7-9,18-19H,3-6,10H2,1-2H3. The highest BCUT2D eigenvalue weighted by atomic mass is 16.2. The van der Waals surface area contributed by atoms with Crippen LogP contribution in [0.3, 0.4) is 0 Å². The second kappa shape index (κ2) is 5.70. The molecule has 2 N–H and O–H groups in total. The van der Waals surface area contributed by atoms with Crippen molar-refractivity contribution < 1.29 is 4.79 Å². The number of hydrogen-bond donors (Lipinski definition) is 2. The third-order valence-corrected chi connectivity index (χ3v) is 4.61. The van der Waals surface area contributed by atoms with Gasteiger partial charge in [-0.25, -0.2) is 0 Å². The van der Waals surface area contributed by atoms with Crippen LogP contribution in [0.25, 0.3) is 0 Å². The summed E-state index contributed by atoms with van der Waals surface area (Å²) in [4.78, 5) is 25.2. The summed E-state index contributed by atoms with van der Waals surface area (Å²) >= 11 is 0. The number of anilines is 3. The first-order chi connectivity index (χ1) is 11.7. The van der Waals surface area contributed by atoms with E-state index < -0.39 is 0 Å². The lowest BCUT2D eigenvalue weighted by molar-refractivity contribution is 0.0788. The third kappa shape index (κ3) is 2.34. The maximum atomic E-state index is 12.6. The van der Waals surface area contributed by atoms with E-state index in [1.165, 1.54) is 0 Å². The predicted molar refractivity (Wildman–Crippen MR) is 92.6 cm³/mol. The molecule has 8 nitrogen and oxygen atoms in total. The molecule has 0 aliphatic carbocycles. The predicted octanol–water partition coefficient (Wildman–Crippen LogP) is 2.84. The molecule has 2 aliphatic rings. The molecule has 1 amide bonds. The van der Waals surface area contributed by atoms with E-state index in [2.05, 4.69) is 30.0 Å². The number of hydrogen-bond acceptors (Lipinski definition) is 5. The van der Waals surface area contributed by atoms with Gasteiger partial charge in [-0.1, -0.05) is 0 Å². The van der Waals surface area contributed by atoms with E-state index in [9.17, 15) is 4.79 Å². The van der Waals surface area contributed by atoms with Crippen molar-refractivity contribution in [2.45, 2.75) is 12.8 Å². The third-order valence-electron chi connectivity index (χ3n) is 4.61. The Morgan fingerprint density at radius 1 is 1.25 bits per heavy atom. The SMILES string of the molecule is CN=Nc1cc(N2CN(C)c3cc(C(=O)N4CCCC4)[nH]c32)c[nH]1. The van der Waals surface area contributed by atoms with Gasteiger partial charge in [0.25, 0.3) is 5.91 Å². The summed E-state index contributed by atoms with van der Waals surface area (Å²) < 4.78 is 0. The van der Waals surface area contributed by atoms with Gasteiger partial charge in [0.2, 0.25) is 0 Å². The number of amides is 1.